The minimum Gasteiger partial charge on any atom is -0.388 e. The SMILES string of the molecule is [CH][C@@H]1O[C@H](CC(=O)I)[C@H](O)C1O. The molecule has 2 N–H and O–H groups in total. The van der Waals surface area contributed by atoms with Gasteiger partial charge in [-0.3, -0.25) is 4.79 Å². The number of carbonyl (C=O) groups excluding carboxylic acids is 1. The fourth-order valence-electron chi connectivity index (χ4n) is 1.10. The molecule has 4 nitrogen and oxygen atoms in total. The molecular weight excluding hydrogens is 275 g/mol. The van der Waals surface area contributed by atoms with Crippen LogP contribution >= 0.6 is 22.6 Å². The molecule has 0 aromatic carbocycles. The molecule has 0 saturated carbocycles. The lowest BCUT2D eigenvalue weighted by Gasteiger charge is -2.11. The molecule has 1 fully saturated rings. The number of aliphatic hydroxyl groups excluding tert-OH is 2. The Bertz CT molecular complexity index is 184. The number of ether oxygens (including phenoxy) is 1. The van der Waals surface area contributed by atoms with Gasteiger partial charge in [0, 0.05) is 6.42 Å². The summed E-state index contributed by atoms with van der Waals surface area (Å²) in [5.41, 5.74) is 0. The molecule has 1 rings (SSSR count). The van der Waals surface area contributed by atoms with Gasteiger partial charge >= 0.3 is 0 Å². The second-order valence-electron chi connectivity index (χ2n) is 2.68. The molecule has 0 spiro atoms. The van der Waals surface area contributed by atoms with Gasteiger partial charge in [0.05, 0.1) is 12.2 Å². The van der Waals surface area contributed by atoms with Crippen LogP contribution in [0.3, 0.4) is 0 Å². The summed E-state index contributed by atoms with van der Waals surface area (Å²) in [6.07, 6.45) is -3.63. The summed E-state index contributed by atoms with van der Waals surface area (Å²) < 4.78 is 4.82. The predicted octanol–water partition coefficient (Wildman–Crippen LogP) is -0.462. The van der Waals surface area contributed by atoms with Gasteiger partial charge in [0.15, 0.2) is 3.79 Å². The smallest absolute Gasteiger partial charge is 0.195 e. The summed E-state index contributed by atoms with van der Waals surface area (Å²) in [6, 6.07) is 0. The molecule has 0 aromatic heterocycles. The van der Waals surface area contributed by atoms with E-state index in [9.17, 15) is 9.90 Å². The highest BCUT2D eigenvalue weighted by molar-refractivity contribution is 14.1. The molecule has 2 radical (unpaired) electrons. The lowest BCUT2D eigenvalue weighted by atomic mass is 10.1. The van der Waals surface area contributed by atoms with E-state index in [1.165, 1.54) is 0 Å². The van der Waals surface area contributed by atoms with Crippen molar-refractivity contribution in [2.75, 3.05) is 0 Å². The molecule has 5 heteroatoms. The van der Waals surface area contributed by atoms with E-state index in [2.05, 4.69) is 0 Å². The first-order chi connectivity index (χ1) is 5.52. The van der Waals surface area contributed by atoms with E-state index >= 15 is 0 Å². The van der Waals surface area contributed by atoms with Crippen LogP contribution in [0, 0.1) is 6.92 Å². The quantitative estimate of drug-likeness (QED) is 0.532. The van der Waals surface area contributed by atoms with Gasteiger partial charge in [-0.1, -0.05) is 0 Å². The normalized spacial score (nSPS) is 41.7. The van der Waals surface area contributed by atoms with Crippen molar-refractivity contribution in [3.05, 3.63) is 6.92 Å². The van der Waals surface area contributed by atoms with Crippen molar-refractivity contribution < 1.29 is 19.7 Å². The molecule has 1 aliphatic rings. The van der Waals surface area contributed by atoms with Crippen molar-refractivity contribution in [3.8, 4) is 0 Å². The summed E-state index contributed by atoms with van der Waals surface area (Å²) in [7, 11) is 0. The fraction of sp³-hybridized carbons (Fsp3) is 0.714. The molecule has 1 unspecified atom stereocenters. The Labute approximate surface area is 84.0 Å². The maximum atomic E-state index is 10.6. The van der Waals surface area contributed by atoms with Gasteiger partial charge < -0.3 is 14.9 Å². The van der Waals surface area contributed by atoms with Crippen LogP contribution in [-0.2, 0) is 9.53 Å². The molecule has 0 aliphatic carbocycles. The van der Waals surface area contributed by atoms with Crippen molar-refractivity contribution in [1.29, 1.82) is 0 Å². The third-order valence-corrected chi connectivity index (χ3v) is 2.20. The lowest BCUT2D eigenvalue weighted by Crippen LogP contribution is -2.32. The van der Waals surface area contributed by atoms with Gasteiger partial charge in [0.25, 0.3) is 0 Å². The van der Waals surface area contributed by atoms with Crippen LogP contribution in [0.1, 0.15) is 6.42 Å². The summed E-state index contributed by atoms with van der Waals surface area (Å²) in [5.74, 6) is 0. The molecule has 0 aromatic rings. The maximum Gasteiger partial charge on any atom is 0.195 e. The molecular formula is C7H9IO4. The Morgan fingerprint density at radius 2 is 2.08 bits per heavy atom. The Morgan fingerprint density at radius 1 is 1.50 bits per heavy atom. The van der Waals surface area contributed by atoms with Crippen LogP contribution in [0.15, 0.2) is 0 Å². The summed E-state index contributed by atoms with van der Waals surface area (Å²) in [6.45, 7) is 5.29. The highest BCUT2D eigenvalue weighted by Gasteiger charge is 2.40. The lowest BCUT2D eigenvalue weighted by molar-refractivity contribution is -0.112. The average Bonchev–Trinajstić information content (AvgIpc) is 2.17. The van der Waals surface area contributed by atoms with E-state index < -0.39 is 24.4 Å². The molecule has 0 amide bonds. The van der Waals surface area contributed by atoms with Crippen molar-refractivity contribution in [1.82, 2.24) is 0 Å². The summed E-state index contributed by atoms with van der Waals surface area (Å²) >= 11 is 1.60. The highest BCUT2D eigenvalue weighted by Crippen LogP contribution is 2.23. The van der Waals surface area contributed by atoms with Crippen LogP contribution in [-0.4, -0.2) is 38.4 Å². The fourth-order valence-corrected chi connectivity index (χ4v) is 1.54. The Hall–Kier alpha value is 0.280. The predicted molar refractivity (Wildman–Crippen MR) is 48.6 cm³/mol. The zero-order chi connectivity index (χ0) is 9.30. The zero-order valence-electron chi connectivity index (χ0n) is 6.18. The standard InChI is InChI=1S/C7H9IO4/c1-3-6(10)7(11)4(12-3)2-5(8)9/h1,3-4,6-7,10-11H,2H2/t3-,4+,6?,7-/m0/s1. The second kappa shape index (κ2) is 3.99. The van der Waals surface area contributed by atoms with Crippen molar-refractivity contribution in [2.24, 2.45) is 0 Å². The molecule has 68 valence electrons. The zero-order valence-corrected chi connectivity index (χ0v) is 8.34. The summed E-state index contributed by atoms with van der Waals surface area (Å²) in [5, 5.41) is 18.4. The van der Waals surface area contributed by atoms with Gasteiger partial charge in [-0.2, -0.15) is 0 Å². The largest absolute Gasteiger partial charge is 0.388 e. The van der Waals surface area contributed by atoms with E-state index in [0.717, 1.165) is 0 Å². The molecule has 1 heterocycles. The molecule has 4 atom stereocenters. The summed E-state index contributed by atoms with van der Waals surface area (Å²) in [4.78, 5) is 10.6. The van der Waals surface area contributed by atoms with Crippen LogP contribution in [0.5, 0.6) is 0 Å². The van der Waals surface area contributed by atoms with E-state index in [-0.39, 0.29) is 10.2 Å². The van der Waals surface area contributed by atoms with Gasteiger partial charge in [-0.25, -0.2) is 0 Å². The van der Waals surface area contributed by atoms with E-state index in [1.54, 1.807) is 22.6 Å². The number of aliphatic hydroxyl groups is 2. The van der Waals surface area contributed by atoms with Crippen molar-refractivity contribution in [3.63, 3.8) is 0 Å². The van der Waals surface area contributed by atoms with E-state index in [4.69, 9.17) is 16.8 Å². The van der Waals surface area contributed by atoms with Crippen molar-refractivity contribution in [2.45, 2.75) is 30.8 Å². The molecule has 12 heavy (non-hydrogen) atoms. The average molecular weight is 284 g/mol. The first-order valence-corrected chi connectivity index (χ1v) is 4.55. The van der Waals surface area contributed by atoms with Crippen LogP contribution in [0.25, 0.3) is 0 Å². The first kappa shape index (κ1) is 10.4. The van der Waals surface area contributed by atoms with Gasteiger partial charge in [0.1, 0.15) is 12.2 Å². The molecule has 1 aliphatic heterocycles. The third-order valence-electron chi connectivity index (χ3n) is 1.76. The minimum absolute atomic E-state index is 0.0759. The van der Waals surface area contributed by atoms with Gasteiger partial charge in [0.2, 0.25) is 0 Å². The number of hydrogen-bond donors (Lipinski definition) is 2. The van der Waals surface area contributed by atoms with Gasteiger partial charge in [-0.15, -0.1) is 0 Å². The van der Waals surface area contributed by atoms with E-state index in [1.807, 2.05) is 0 Å². The number of carbonyl (C=O) groups is 1. The number of rotatable bonds is 2. The van der Waals surface area contributed by atoms with E-state index in [0.29, 0.717) is 0 Å². The minimum atomic E-state index is -1.09. The Morgan fingerprint density at radius 3 is 2.42 bits per heavy atom. The van der Waals surface area contributed by atoms with Crippen LogP contribution in [0.4, 0.5) is 0 Å². The maximum absolute atomic E-state index is 10.6. The van der Waals surface area contributed by atoms with Crippen LogP contribution < -0.4 is 0 Å². The third kappa shape index (κ3) is 2.15. The monoisotopic (exact) mass is 284 g/mol. The Balaban J connectivity index is 2.52. The number of halogens is 1. The number of hydrogen-bond acceptors (Lipinski definition) is 4. The van der Waals surface area contributed by atoms with Crippen LogP contribution in [0.2, 0.25) is 0 Å². The first-order valence-electron chi connectivity index (χ1n) is 3.48. The molecule has 1 saturated heterocycles. The highest BCUT2D eigenvalue weighted by atomic mass is 127. The molecule has 0 bridgehead atoms. The topological polar surface area (TPSA) is 66.8 Å². The van der Waals surface area contributed by atoms with Gasteiger partial charge in [-0.05, 0) is 29.5 Å². The second-order valence-corrected chi connectivity index (χ2v) is 3.88. The Kier molecular flexibility index (Phi) is 3.45. The van der Waals surface area contributed by atoms with Crippen molar-refractivity contribution >= 4 is 26.4 Å².